The van der Waals surface area contributed by atoms with E-state index in [4.69, 9.17) is 0 Å². The quantitative estimate of drug-likeness (QED) is 0.311. The molecule has 0 unspecified atom stereocenters. The fraction of sp³-hybridized carbons (Fsp3) is 0.375. The number of hydrogen-bond acceptors (Lipinski definition) is 5. The van der Waals surface area contributed by atoms with Crippen molar-refractivity contribution in [2.75, 3.05) is 0 Å². The fourth-order valence-electron chi connectivity index (χ4n) is 3.62. The molecule has 3 rings (SSSR count). The maximum atomic E-state index is 13.9. The Morgan fingerprint density at radius 2 is 1.74 bits per heavy atom. The summed E-state index contributed by atoms with van der Waals surface area (Å²) in [6.07, 6.45) is 8.87. The lowest BCUT2D eigenvalue weighted by Gasteiger charge is -2.13. The largest absolute Gasteiger partial charge is 0.357 e. The lowest BCUT2D eigenvalue weighted by molar-refractivity contribution is -0.387. The SMILES string of the molecule is CCCCn1c(C=Cc2cnn(Cc3ccccc3F)c2)c([N+](=O)[O-])c(=O)n(CCCC)c1=O. The molecule has 0 N–H and O–H groups in total. The van der Waals surface area contributed by atoms with E-state index in [1.54, 1.807) is 35.2 Å². The van der Waals surface area contributed by atoms with Crippen LogP contribution >= 0.6 is 0 Å². The number of nitrogens with zero attached hydrogens (tertiary/aromatic N) is 5. The zero-order valence-corrected chi connectivity index (χ0v) is 19.3. The Balaban J connectivity index is 2.02. The van der Waals surface area contributed by atoms with E-state index in [9.17, 15) is 24.1 Å². The summed E-state index contributed by atoms with van der Waals surface area (Å²) in [5, 5.41) is 16.1. The maximum Gasteiger partial charge on any atom is 0.357 e. The number of unbranched alkanes of at least 4 members (excludes halogenated alkanes) is 2. The van der Waals surface area contributed by atoms with Crippen LogP contribution in [0, 0.1) is 15.9 Å². The molecule has 2 heterocycles. The predicted molar refractivity (Wildman–Crippen MR) is 128 cm³/mol. The zero-order valence-electron chi connectivity index (χ0n) is 19.3. The molecule has 0 fully saturated rings. The summed E-state index contributed by atoms with van der Waals surface area (Å²) in [4.78, 5) is 37.0. The van der Waals surface area contributed by atoms with Crippen LogP contribution < -0.4 is 11.2 Å². The van der Waals surface area contributed by atoms with Crippen LogP contribution in [-0.4, -0.2) is 23.8 Å². The molecule has 0 atom stereocenters. The van der Waals surface area contributed by atoms with Crippen molar-refractivity contribution in [1.82, 2.24) is 18.9 Å². The summed E-state index contributed by atoms with van der Waals surface area (Å²) < 4.78 is 17.7. The van der Waals surface area contributed by atoms with Gasteiger partial charge in [-0.2, -0.15) is 5.10 Å². The van der Waals surface area contributed by atoms with Gasteiger partial charge in [-0.25, -0.2) is 9.18 Å². The highest BCUT2D eigenvalue weighted by Gasteiger charge is 2.26. The molecule has 1 aromatic carbocycles. The molecule has 0 aliphatic heterocycles. The van der Waals surface area contributed by atoms with Gasteiger partial charge in [0.2, 0.25) is 0 Å². The molecule has 0 amide bonds. The molecule has 9 nitrogen and oxygen atoms in total. The van der Waals surface area contributed by atoms with Crippen molar-refractivity contribution in [3.05, 3.63) is 90.2 Å². The van der Waals surface area contributed by atoms with Crippen molar-refractivity contribution in [2.45, 2.75) is 59.2 Å². The van der Waals surface area contributed by atoms with Gasteiger partial charge in [0.1, 0.15) is 11.5 Å². The van der Waals surface area contributed by atoms with Crippen molar-refractivity contribution < 1.29 is 9.31 Å². The third-order valence-electron chi connectivity index (χ3n) is 5.47. The normalized spacial score (nSPS) is 11.4. The second kappa shape index (κ2) is 11.4. The zero-order chi connectivity index (χ0) is 24.7. The van der Waals surface area contributed by atoms with Gasteiger partial charge in [0.15, 0.2) is 0 Å². The van der Waals surface area contributed by atoms with Crippen molar-refractivity contribution >= 4 is 17.8 Å². The topological polar surface area (TPSA) is 105 Å². The molecule has 0 aliphatic carbocycles. The summed E-state index contributed by atoms with van der Waals surface area (Å²) in [6, 6.07) is 6.38. The molecule has 180 valence electrons. The Morgan fingerprint density at radius 1 is 1.06 bits per heavy atom. The van der Waals surface area contributed by atoms with Crippen LogP contribution in [0.25, 0.3) is 12.2 Å². The van der Waals surface area contributed by atoms with Gasteiger partial charge in [-0.05, 0) is 31.1 Å². The van der Waals surface area contributed by atoms with E-state index in [1.165, 1.54) is 22.9 Å². The van der Waals surface area contributed by atoms with Gasteiger partial charge >= 0.3 is 16.9 Å². The van der Waals surface area contributed by atoms with Crippen LogP contribution in [0.4, 0.5) is 10.1 Å². The van der Waals surface area contributed by atoms with E-state index in [0.717, 1.165) is 17.4 Å². The third kappa shape index (κ3) is 5.56. The first-order valence-corrected chi connectivity index (χ1v) is 11.3. The van der Waals surface area contributed by atoms with Gasteiger partial charge in [-0.1, -0.05) is 44.9 Å². The summed E-state index contributed by atoms with van der Waals surface area (Å²) in [5.41, 5.74) is -1.04. The van der Waals surface area contributed by atoms with Crippen molar-refractivity contribution in [3.63, 3.8) is 0 Å². The Bertz CT molecular complexity index is 1310. The molecule has 0 saturated carbocycles. The summed E-state index contributed by atoms with van der Waals surface area (Å²) in [5.74, 6) is -0.339. The highest BCUT2D eigenvalue weighted by Crippen LogP contribution is 2.17. The van der Waals surface area contributed by atoms with Crippen LogP contribution in [0.5, 0.6) is 0 Å². The second-order valence-electron chi connectivity index (χ2n) is 7.99. The highest BCUT2D eigenvalue weighted by molar-refractivity contribution is 5.71. The average Bonchev–Trinajstić information content (AvgIpc) is 3.25. The van der Waals surface area contributed by atoms with Gasteiger partial charge in [-0.3, -0.25) is 28.7 Å². The first-order chi connectivity index (χ1) is 16.4. The molecule has 34 heavy (non-hydrogen) atoms. The van der Waals surface area contributed by atoms with E-state index in [-0.39, 0.29) is 31.1 Å². The Morgan fingerprint density at radius 3 is 2.38 bits per heavy atom. The summed E-state index contributed by atoms with van der Waals surface area (Å²) in [6.45, 7) is 4.47. The van der Waals surface area contributed by atoms with Crippen LogP contribution in [0.2, 0.25) is 0 Å². The number of benzene rings is 1. The number of halogens is 1. The molecule has 0 radical (unpaired) electrons. The van der Waals surface area contributed by atoms with Crippen LogP contribution in [0.3, 0.4) is 0 Å². The van der Waals surface area contributed by atoms with Gasteiger partial charge < -0.3 is 0 Å². The Labute approximate surface area is 195 Å². The molecule has 0 spiro atoms. The van der Waals surface area contributed by atoms with Gasteiger partial charge in [0.25, 0.3) is 0 Å². The number of aromatic nitrogens is 4. The second-order valence-corrected chi connectivity index (χ2v) is 7.99. The van der Waals surface area contributed by atoms with E-state index in [0.29, 0.717) is 24.0 Å². The molecule has 0 saturated heterocycles. The third-order valence-corrected chi connectivity index (χ3v) is 5.47. The summed E-state index contributed by atoms with van der Waals surface area (Å²) >= 11 is 0. The van der Waals surface area contributed by atoms with Crippen molar-refractivity contribution in [2.24, 2.45) is 0 Å². The Kier molecular flexibility index (Phi) is 8.29. The monoisotopic (exact) mass is 469 g/mol. The number of nitro groups is 1. The lowest BCUT2D eigenvalue weighted by atomic mass is 10.2. The van der Waals surface area contributed by atoms with Crippen LogP contribution in [0.15, 0.2) is 46.2 Å². The number of hydrogen-bond donors (Lipinski definition) is 0. The molecule has 0 aliphatic rings. The van der Waals surface area contributed by atoms with Crippen molar-refractivity contribution in [1.29, 1.82) is 0 Å². The minimum atomic E-state index is -0.897. The summed E-state index contributed by atoms with van der Waals surface area (Å²) in [7, 11) is 0. The molecular weight excluding hydrogens is 441 g/mol. The van der Waals surface area contributed by atoms with Gasteiger partial charge in [0, 0.05) is 30.4 Å². The molecule has 3 aromatic rings. The average molecular weight is 470 g/mol. The molecular formula is C24H28FN5O4. The fourth-order valence-corrected chi connectivity index (χ4v) is 3.62. The number of rotatable bonds is 11. The molecule has 10 heteroatoms. The Hall–Kier alpha value is -3.82. The van der Waals surface area contributed by atoms with Gasteiger partial charge in [-0.15, -0.1) is 0 Å². The molecule has 0 bridgehead atoms. The smallest absolute Gasteiger partial charge is 0.287 e. The molecule has 2 aromatic heterocycles. The van der Waals surface area contributed by atoms with Crippen LogP contribution in [0.1, 0.15) is 56.4 Å². The minimum Gasteiger partial charge on any atom is -0.287 e. The standard InChI is InChI=1S/C24H28FN5O4/c1-3-5-13-28-21(22(30(33)34)23(31)29(24(28)32)14-6-4-2)12-11-18-15-26-27(16-18)17-19-9-7-8-10-20(19)25/h7-12,15-16H,3-6,13-14,17H2,1-2H3. The van der Waals surface area contributed by atoms with Crippen LogP contribution in [-0.2, 0) is 19.6 Å². The first kappa shape index (κ1) is 24.8. The lowest BCUT2D eigenvalue weighted by Crippen LogP contribution is -2.42. The maximum absolute atomic E-state index is 13.9. The minimum absolute atomic E-state index is 0.0388. The van der Waals surface area contributed by atoms with E-state index in [1.807, 2.05) is 13.8 Å². The first-order valence-electron chi connectivity index (χ1n) is 11.3. The van der Waals surface area contributed by atoms with Crippen molar-refractivity contribution in [3.8, 4) is 0 Å². The van der Waals surface area contributed by atoms with E-state index >= 15 is 0 Å². The van der Waals surface area contributed by atoms with Gasteiger partial charge in [0.05, 0.1) is 17.7 Å². The predicted octanol–water partition coefficient (Wildman–Crippen LogP) is 4.07. The highest BCUT2D eigenvalue weighted by atomic mass is 19.1. The van der Waals surface area contributed by atoms with E-state index in [2.05, 4.69) is 5.10 Å². The van der Waals surface area contributed by atoms with E-state index < -0.39 is 21.9 Å².